The Kier molecular flexibility index (Phi) is 6.11. The Morgan fingerprint density at radius 3 is 2.70 bits per heavy atom. The van der Waals surface area contributed by atoms with Crippen molar-refractivity contribution in [1.82, 2.24) is 14.9 Å². The predicted molar refractivity (Wildman–Crippen MR) is 114 cm³/mol. The summed E-state index contributed by atoms with van der Waals surface area (Å²) in [7, 11) is 0. The van der Waals surface area contributed by atoms with Gasteiger partial charge in [-0.15, -0.1) is 22.7 Å². The first-order valence-corrected chi connectivity index (χ1v) is 10.9. The number of thiophene rings is 2. The average molecular weight is 404 g/mol. The van der Waals surface area contributed by atoms with Crippen LogP contribution in [0.3, 0.4) is 0 Å². The molecule has 0 fully saturated rings. The maximum Gasteiger partial charge on any atom is 0.263 e. The summed E-state index contributed by atoms with van der Waals surface area (Å²) in [5.41, 5.74) is 0.748. The second kappa shape index (κ2) is 8.35. The van der Waals surface area contributed by atoms with E-state index in [1.165, 1.54) is 27.1 Å². The number of amides is 1. The molecule has 3 heterocycles. The fourth-order valence-corrected chi connectivity index (χ4v) is 4.83. The predicted octanol–water partition coefficient (Wildman–Crippen LogP) is 4.44. The molecule has 0 aliphatic rings. The molecule has 1 atom stereocenters. The van der Waals surface area contributed by atoms with Crippen LogP contribution in [0.25, 0.3) is 20.7 Å². The molecule has 144 valence electrons. The van der Waals surface area contributed by atoms with Crippen molar-refractivity contribution < 1.29 is 4.79 Å². The van der Waals surface area contributed by atoms with E-state index in [9.17, 15) is 9.59 Å². The summed E-state index contributed by atoms with van der Waals surface area (Å²) in [6, 6.07) is 4.17. The molecule has 0 saturated carbocycles. The number of carbonyl (C=O) groups excluding carboxylic acids is 1. The van der Waals surface area contributed by atoms with Crippen LogP contribution in [0.5, 0.6) is 0 Å². The molecule has 0 aromatic carbocycles. The van der Waals surface area contributed by atoms with Gasteiger partial charge in [-0.2, -0.15) is 0 Å². The molecule has 27 heavy (non-hydrogen) atoms. The maximum absolute atomic E-state index is 13.0. The van der Waals surface area contributed by atoms with Gasteiger partial charge >= 0.3 is 0 Å². The lowest BCUT2D eigenvalue weighted by Crippen LogP contribution is -2.37. The van der Waals surface area contributed by atoms with Gasteiger partial charge in [0.2, 0.25) is 5.91 Å². The SMILES string of the molecule is Cc1ccc(-c2csc3ncn(CC(=O)NC(C)CCC(C)C)c(=O)c23)s1. The van der Waals surface area contributed by atoms with Gasteiger partial charge in [0.25, 0.3) is 5.56 Å². The minimum absolute atomic E-state index is 0.00739. The van der Waals surface area contributed by atoms with Crippen molar-refractivity contribution in [2.45, 2.75) is 53.1 Å². The molecule has 0 spiro atoms. The highest BCUT2D eigenvalue weighted by molar-refractivity contribution is 7.19. The molecule has 3 aromatic heterocycles. The Morgan fingerprint density at radius 2 is 2.04 bits per heavy atom. The molecule has 3 rings (SSSR count). The van der Waals surface area contributed by atoms with E-state index in [-0.39, 0.29) is 24.1 Å². The molecule has 0 saturated heterocycles. The normalized spacial score (nSPS) is 12.6. The number of aromatic nitrogens is 2. The Bertz CT molecular complexity index is 1000. The average Bonchev–Trinajstić information content (AvgIpc) is 3.21. The van der Waals surface area contributed by atoms with Crippen LogP contribution in [-0.4, -0.2) is 21.5 Å². The molecular formula is C20H25N3O2S2. The first-order chi connectivity index (χ1) is 12.8. The minimum atomic E-state index is -0.160. The van der Waals surface area contributed by atoms with Crippen LogP contribution in [0.15, 0.2) is 28.6 Å². The van der Waals surface area contributed by atoms with Crippen molar-refractivity contribution in [2.24, 2.45) is 5.92 Å². The number of nitrogens with one attached hydrogen (secondary N) is 1. The fourth-order valence-electron chi connectivity index (χ4n) is 2.97. The van der Waals surface area contributed by atoms with E-state index in [0.717, 1.165) is 23.3 Å². The third kappa shape index (κ3) is 4.65. The summed E-state index contributed by atoms with van der Waals surface area (Å²) >= 11 is 3.12. The highest BCUT2D eigenvalue weighted by Gasteiger charge is 2.16. The highest BCUT2D eigenvalue weighted by Crippen LogP contribution is 2.34. The monoisotopic (exact) mass is 403 g/mol. The van der Waals surface area contributed by atoms with Crippen molar-refractivity contribution in [3.05, 3.63) is 39.1 Å². The second-order valence-corrected chi connectivity index (χ2v) is 9.50. The van der Waals surface area contributed by atoms with Crippen LogP contribution in [0.4, 0.5) is 0 Å². The van der Waals surface area contributed by atoms with E-state index in [0.29, 0.717) is 16.1 Å². The first kappa shape index (κ1) is 19.8. The van der Waals surface area contributed by atoms with Gasteiger partial charge in [-0.3, -0.25) is 14.2 Å². The number of carbonyl (C=O) groups is 1. The lowest BCUT2D eigenvalue weighted by molar-refractivity contribution is -0.122. The van der Waals surface area contributed by atoms with Gasteiger partial charge in [-0.05, 0) is 44.7 Å². The molecule has 1 unspecified atom stereocenters. The Hall–Kier alpha value is -1.99. The zero-order chi connectivity index (χ0) is 19.6. The Balaban J connectivity index is 1.80. The van der Waals surface area contributed by atoms with Crippen molar-refractivity contribution in [3.8, 4) is 10.4 Å². The van der Waals surface area contributed by atoms with Gasteiger partial charge in [0.1, 0.15) is 11.4 Å². The van der Waals surface area contributed by atoms with Crippen LogP contribution in [0.1, 0.15) is 38.5 Å². The standard InChI is InChI=1S/C20H25N3O2S2/c1-12(2)5-6-13(3)22-17(24)9-23-11-21-19-18(20(23)25)15(10-26-19)16-8-7-14(4)27-16/h7-8,10-13H,5-6,9H2,1-4H3,(H,22,24). The number of nitrogens with zero attached hydrogens (tertiary/aromatic N) is 2. The largest absolute Gasteiger partial charge is 0.352 e. The molecule has 3 aromatic rings. The minimum Gasteiger partial charge on any atom is -0.352 e. The number of aryl methyl sites for hydroxylation is 1. The smallest absolute Gasteiger partial charge is 0.263 e. The van der Waals surface area contributed by atoms with Crippen LogP contribution < -0.4 is 10.9 Å². The number of rotatable bonds is 7. The van der Waals surface area contributed by atoms with Gasteiger partial charge in [0.05, 0.1) is 11.7 Å². The summed E-state index contributed by atoms with van der Waals surface area (Å²) in [6.45, 7) is 8.38. The number of fused-ring (bicyclic) bond motifs is 1. The lowest BCUT2D eigenvalue weighted by atomic mass is 10.0. The van der Waals surface area contributed by atoms with Crippen LogP contribution in [0, 0.1) is 12.8 Å². The van der Waals surface area contributed by atoms with Crippen molar-refractivity contribution >= 4 is 38.8 Å². The number of hydrogen-bond donors (Lipinski definition) is 1. The summed E-state index contributed by atoms with van der Waals surface area (Å²) < 4.78 is 1.41. The third-order valence-corrected chi connectivity index (χ3v) is 6.39. The fraction of sp³-hybridized carbons (Fsp3) is 0.450. The van der Waals surface area contributed by atoms with Crippen LogP contribution >= 0.6 is 22.7 Å². The number of hydrogen-bond acceptors (Lipinski definition) is 5. The van der Waals surface area contributed by atoms with E-state index in [1.807, 2.05) is 31.4 Å². The van der Waals surface area contributed by atoms with Gasteiger partial charge < -0.3 is 5.32 Å². The molecule has 0 bridgehead atoms. The van der Waals surface area contributed by atoms with Crippen LogP contribution in [-0.2, 0) is 11.3 Å². The summed E-state index contributed by atoms with van der Waals surface area (Å²) in [6.07, 6.45) is 3.47. The Morgan fingerprint density at radius 1 is 1.26 bits per heavy atom. The first-order valence-electron chi connectivity index (χ1n) is 9.18. The topological polar surface area (TPSA) is 64.0 Å². The zero-order valence-corrected chi connectivity index (χ0v) is 17.7. The van der Waals surface area contributed by atoms with E-state index in [2.05, 4.69) is 24.1 Å². The van der Waals surface area contributed by atoms with E-state index >= 15 is 0 Å². The second-order valence-electron chi connectivity index (χ2n) is 7.36. The molecule has 0 aliphatic heterocycles. The summed E-state index contributed by atoms with van der Waals surface area (Å²) in [4.78, 5) is 32.7. The van der Waals surface area contributed by atoms with Crippen molar-refractivity contribution in [2.75, 3.05) is 0 Å². The van der Waals surface area contributed by atoms with Crippen LogP contribution in [0.2, 0.25) is 0 Å². The zero-order valence-electron chi connectivity index (χ0n) is 16.1. The molecular weight excluding hydrogens is 378 g/mol. The van der Waals surface area contributed by atoms with Gasteiger partial charge in [-0.25, -0.2) is 4.98 Å². The summed E-state index contributed by atoms with van der Waals surface area (Å²) in [5.74, 6) is 0.453. The highest BCUT2D eigenvalue weighted by atomic mass is 32.1. The quantitative estimate of drug-likeness (QED) is 0.634. The molecule has 7 heteroatoms. The van der Waals surface area contributed by atoms with Crippen molar-refractivity contribution in [1.29, 1.82) is 0 Å². The van der Waals surface area contributed by atoms with E-state index in [1.54, 1.807) is 11.3 Å². The van der Waals surface area contributed by atoms with Gasteiger partial charge in [-0.1, -0.05) is 13.8 Å². The molecule has 0 radical (unpaired) electrons. The molecule has 1 amide bonds. The third-order valence-electron chi connectivity index (χ3n) is 4.46. The molecule has 1 N–H and O–H groups in total. The van der Waals surface area contributed by atoms with E-state index in [4.69, 9.17) is 0 Å². The van der Waals surface area contributed by atoms with E-state index < -0.39 is 0 Å². The Labute approximate surface area is 167 Å². The molecule has 0 aliphatic carbocycles. The maximum atomic E-state index is 13.0. The lowest BCUT2D eigenvalue weighted by Gasteiger charge is -2.15. The van der Waals surface area contributed by atoms with Gasteiger partial charge in [0, 0.05) is 26.7 Å². The van der Waals surface area contributed by atoms with Crippen molar-refractivity contribution in [3.63, 3.8) is 0 Å². The summed E-state index contributed by atoms with van der Waals surface area (Å²) in [5, 5.41) is 5.56. The molecule has 5 nitrogen and oxygen atoms in total. The van der Waals surface area contributed by atoms with Gasteiger partial charge in [0.15, 0.2) is 0 Å².